The molecule has 3 aromatic rings. The van der Waals surface area contributed by atoms with Crippen LogP contribution in [-0.2, 0) is 26.2 Å². The summed E-state index contributed by atoms with van der Waals surface area (Å²) >= 11 is 0. The first-order valence-electron chi connectivity index (χ1n) is 10.3. The molecule has 1 fully saturated rings. The van der Waals surface area contributed by atoms with Crippen molar-refractivity contribution in [1.82, 2.24) is 4.90 Å². The van der Waals surface area contributed by atoms with Gasteiger partial charge in [0.15, 0.2) is 11.7 Å². The maximum atomic E-state index is 14.4. The van der Waals surface area contributed by atoms with Crippen molar-refractivity contribution in [2.45, 2.75) is 17.5 Å². The molecule has 1 unspecified atom stereocenters. The average molecular weight is 481 g/mol. The number of fused-ring (bicyclic) bond motifs is 1. The van der Waals surface area contributed by atoms with Crippen molar-refractivity contribution in [3.05, 3.63) is 95.6 Å². The number of rotatable bonds is 4. The highest BCUT2D eigenvalue weighted by Crippen LogP contribution is 2.38. The van der Waals surface area contributed by atoms with Gasteiger partial charge in [-0.1, -0.05) is 42.5 Å². The molecule has 1 N–H and O–H groups in total. The quantitative estimate of drug-likeness (QED) is 0.576. The van der Waals surface area contributed by atoms with Crippen LogP contribution in [0.4, 0.5) is 14.5 Å². The van der Waals surface area contributed by atoms with Crippen molar-refractivity contribution >= 4 is 33.2 Å². The lowest BCUT2D eigenvalue weighted by Crippen LogP contribution is -2.37. The number of hydrogen-bond acceptors (Lipinski definition) is 5. The van der Waals surface area contributed by atoms with Crippen molar-refractivity contribution < 1.29 is 26.8 Å². The number of benzene rings is 3. The number of amides is 1. The van der Waals surface area contributed by atoms with E-state index in [1.165, 1.54) is 48.5 Å². The molecule has 7 nitrogen and oxygen atoms in total. The molecular weight excluding hydrogens is 464 g/mol. The van der Waals surface area contributed by atoms with E-state index in [-0.39, 0.29) is 28.5 Å². The first-order valence-corrected chi connectivity index (χ1v) is 11.7. The van der Waals surface area contributed by atoms with Crippen molar-refractivity contribution in [1.29, 1.82) is 0 Å². The van der Waals surface area contributed by atoms with Crippen LogP contribution in [0, 0.1) is 17.6 Å². The smallest absolute Gasteiger partial charge is 0.286 e. The summed E-state index contributed by atoms with van der Waals surface area (Å²) in [6.45, 7) is -0.244. The summed E-state index contributed by atoms with van der Waals surface area (Å²) < 4.78 is 57.0. The molecule has 2 aliphatic heterocycles. The molecule has 2 aliphatic rings. The Labute approximate surface area is 193 Å². The molecule has 2 heterocycles. The van der Waals surface area contributed by atoms with Crippen molar-refractivity contribution in [2.24, 2.45) is 10.3 Å². The third-order valence-corrected chi connectivity index (χ3v) is 7.15. The Morgan fingerprint density at radius 1 is 0.912 bits per heavy atom. The van der Waals surface area contributed by atoms with Crippen molar-refractivity contribution in [2.75, 3.05) is 5.32 Å². The van der Waals surface area contributed by atoms with Crippen LogP contribution in [-0.4, -0.2) is 30.8 Å². The Morgan fingerprint density at radius 2 is 1.59 bits per heavy atom. The Hall–Kier alpha value is -3.92. The number of carbonyl (C=O) groups is 2. The lowest BCUT2D eigenvalue weighted by Gasteiger charge is -2.24. The molecule has 0 spiro atoms. The minimum atomic E-state index is -4.15. The van der Waals surface area contributed by atoms with E-state index in [1.54, 1.807) is 12.1 Å². The Balaban J connectivity index is 1.59. The van der Waals surface area contributed by atoms with Gasteiger partial charge < -0.3 is 10.2 Å². The molecule has 2 atom stereocenters. The Bertz CT molecular complexity index is 1460. The monoisotopic (exact) mass is 481 g/mol. The zero-order valence-electron chi connectivity index (χ0n) is 17.5. The number of para-hydroxylation sites is 1. The topological polar surface area (TPSA) is 95.9 Å². The van der Waals surface area contributed by atoms with Crippen molar-refractivity contribution in [3.63, 3.8) is 0 Å². The summed E-state index contributed by atoms with van der Waals surface area (Å²) in [5, 5.41) is 2.80. The summed E-state index contributed by atoms with van der Waals surface area (Å²) in [7, 11) is -4.15. The standard InChI is InChI=1S/C24H17F2N3O4S/c25-16-11-9-14(10-12-16)21-22(30)20(24(31)29(21)13-15-5-1-2-6-17(15)26)23-27-18-7-3-4-8-19(18)34(32,33)28-23/h1-12,20-21H,13H2,(H,27,28)/t20?,21-/m0/s1. The predicted octanol–water partition coefficient (Wildman–Crippen LogP) is 3.45. The summed E-state index contributed by atoms with van der Waals surface area (Å²) in [6, 6.07) is 15.7. The summed E-state index contributed by atoms with van der Waals surface area (Å²) in [4.78, 5) is 28.1. The van der Waals surface area contributed by atoms with Crippen LogP contribution in [0.3, 0.4) is 0 Å². The van der Waals surface area contributed by atoms with Gasteiger partial charge in [0.05, 0.1) is 5.69 Å². The number of hydrogen-bond donors (Lipinski definition) is 1. The second-order valence-corrected chi connectivity index (χ2v) is 9.49. The minimum absolute atomic E-state index is 0.0741. The van der Waals surface area contributed by atoms with Gasteiger partial charge >= 0.3 is 0 Å². The summed E-state index contributed by atoms with van der Waals surface area (Å²) in [6.07, 6.45) is 0. The molecule has 0 saturated carbocycles. The van der Waals surface area contributed by atoms with Gasteiger partial charge in [-0.2, -0.15) is 8.42 Å². The van der Waals surface area contributed by atoms with Gasteiger partial charge in [-0.3, -0.25) is 9.59 Å². The summed E-state index contributed by atoms with van der Waals surface area (Å²) in [5.74, 6) is -4.34. The molecule has 0 radical (unpaired) electrons. The normalized spacial score (nSPS) is 21.1. The lowest BCUT2D eigenvalue weighted by atomic mass is 9.96. The first kappa shape index (κ1) is 21.9. The molecule has 5 rings (SSSR count). The Kier molecular flexibility index (Phi) is 5.24. The van der Waals surface area contributed by atoms with Gasteiger partial charge in [-0.15, -0.1) is 4.40 Å². The molecule has 0 bridgehead atoms. The van der Waals surface area contributed by atoms with E-state index < -0.39 is 45.3 Å². The number of amidine groups is 1. The molecule has 3 aromatic carbocycles. The highest BCUT2D eigenvalue weighted by molar-refractivity contribution is 7.90. The van der Waals surface area contributed by atoms with E-state index in [2.05, 4.69) is 9.71 Å². The number of carbonyl (C=O) groups excluding carboxylic acids is 2. The molecule has 0 aliphatic carbocycles. The van der Waals surface area contributed by atoms with Gasteiger partial charge in [0.2, 0.25) is 5.91 Å². The van der Waals surface area contributed by atoms with Crippen molar-refractivity contribution in [3.8, 4) is 0 Å². The van der Waals surface area contributed by atoms with E-state index in [0.717, 1.165) is 17.0 Å². The number of Topliss-reactive ketones (excluding diaryl/α,β-unsaturated/α-hetero) is 1. The zero-order valence-corrected chi connectivity index (χ0v) is 18.3. The van der Waals surface area contributed by atoms with Gasteiger partial charge in [-0.25, -0.2) is 8.78 Å². The van der Waals surface area contributed by atoms with E-state index in [9.17, 15) is 26.8 Å². The number of halogens is 2. The number of nitrogens with zero attached hydrogens (tertiary/aromatic N) is 2. The number of ketones is 1. The fourth-order valence-electron chi connectivity index (χ4n) is 4.21. The molecular formula is C24H17F2N3O4S. The van der Waals surface area contributed by atoms with Crippen LogP contribution in [0.2, 0.25) is 0 Å². The second-order valence-electron chi connectivity index (χ2n) is 7.92. The fraction of sp³-hybridized carbons (Fsp3) is 0.125. The first-order chi connectivity index (χ1) is 16.3. The highest BCUT2D eigenvalue weighted by atomic mass is 32.2. The SMILES string of the molecule is O=C1C(C2=NS(=O)(=O)c3ccccc3N2)C(=O)N(Cc2ccccc2F)[C@H]1c1ccc(F)cc1. The largest absolute Gasteiger partial charge is 0.341 e. The maximum Gasteiger partial charge on any atom is 0.286 e. The summed E-state index contributed by atoms with van der Waals surface area (Å²) in [5.41, 5.74) is 0.685. The van der Waals surface area contributed by atoms with Crippen LogP contribution in [0.1, 0.15) is 17.2 Å². The van der Waals surface area contributed by atoms with E-state index in [0.29, 0.717) is 5.56 Å². The third-order valence-electron chi connectivity index (χ3n) is 5.80. The number of nitrogens with one attached hydrogen (secondary N) is 1. The number of sulfonamides is 1. The Morgan fingerprint density at radius 3 is 2.32 bits per heavy atom. The van der Waals surface area contributed by atoms with Crippen LogP contribution in [0.25, 0.3) is 0 Å². The van der Waals surface area contributed by atoms with Gasteiger partial charge in [0.25, 0.3) is 10.0 Å². The van der Waals surface area contributed by atoms with E-state index >= 15 is 0 Å². The number of anilines is 1. The van der Waals surface area contributed by atoms with E-state index in [4.69, 9.17) is 0 Å². The molecule has 34 heavy (non-hydrogen) atoms. The van der Waals surface area contributed by atoms with Crippen LogP contribution >= 0.6 is 0 Å². The molecule has 1 amide bonds. The second kappa shape index (κ2) is 8.14. The molecule has 10 heteroatoms. The van der Waals surface area contributed by atoms with Crippen LogP contribution in [0.15, 0.2) is 82.1 Å². The van der Waals surface area contributed by atoms with Crippen LogP contribution in [0.5, 0.6) is 0 Å². The minimum Gasteiger partial charge on any atom is -0.341 e. The average Bonchev–Trinajstić information content (AvgIpc) is 3.05. The molecule has 1 saturated heterocycles. The van der Waals surface area contributed by atoms with E-state index in [1.807, 2.05) is 0 Å². The number of likely N-dealkylation sites (tertiary alicyclic amines) is 1. The maximum absolute atomic E-state index is 14.4. The molecule has 0 aromatic heterocycles. The van der Waals surface area contributed by atoms with Gasteiger partial charge in [0.1, 0.15) is 28.4 Å². The zero-order chi connectivity index (χ0) is 24.0. The van der Waals surface area contributed by atoms with Gasteiger partial charge in [-0.05, 0) is 35.9 Å². The third kappa shape index (κ3) is 3.65. The fourth-order valence-corrected chi connectivity index (χ4v) is 5.36. The van der Waals surface area contributed by atoms with Gasteiger partial charge in [0, 0.05) is 12.1 Å². The highest BCUT2D eigenvalue weighted by Gasteiger charge is 2.51. The van der Waals surface area contributed by atoms with Crippen LogP contribution < -0.4 is 5.32 Å². The molecule has 172 valence electrons. The lowest BCUT2D eigenvalue weighted by molar-refractivity contribution is -0.131. The predicted molar refractivity (Wildman–Crippen MR) is 119 cm³/mol.